The highest BCUT2D eigenvalue weighted by atomic mass is 16.5. The second-order valence-electron chi connectivity index (χ2n) is 15.7. The van der Waals surface area contributed by atoms with Gasteiger partial charge in [0.1, 0.15) is 23.7 Å². The van der Waals surface area contributed by atoms with Crippen molar-refractivity contribution in [1.29, 1.82) is 0 Å². The summed E-state index contributed by atoms with van der Waals surface area (Å²) in [5.74, 6) is 0.914. The highest BCUT2D eigenvalue weighted by Crippen LogP contribution is 2.35. The Balaban J connectivity index is 1.02. The molecule has 4 atom stereocenters. The summed E-state index contributed by atoms with van der Waals surface area (Å²) in [7, 11) is 2.58. The van der Waals surface area contributed by atoms with E-state index in [-0.39, 0.29) is 35.7 Å². The van der Waals surface area contributed by atoms with Gasteiger partial charge in [0, 0.05) is 42.0 Å². The zero-order valence-electron chi connectivity index (χ0n) is 33.7. The molecule has 5 aromatic rings. The van der Waals surface area contributed by atoms with Crippen molar-refractivity contribution >= 4 is 34.9 Å². The average Bonchev–Trinajstić information content (AvgIpc) is 4.07. The quantitative estimate of drug-likeness (QED) is 0.112. The maximum atomic E-state index is 13.6. The van der Waals surface area contributed by atoms with E-state index in [1.807, 2.05) is 70.4 Å². The molecule has 7 rings (SSSR count). The van der Waals surface area contributed by atoms with Gasteiger partial charge < -0.3 is 39.9 Å². The number of benzene rings is 2. The van der Waals surface area contributed by atoms with E-state index < -0.39 is 24.3 Å². The van der Waals surface area contributed by atoms with Crippen molar-refractivity contribution in [3.05, 3.63) is 78.8 Å². The van der Waals surface area contributed by atoms with E-state index in [9.17, 15) is 19.2 Å². The third kappa shape index (κ3) is 8.25. The van der Waals surface area contributed by atoms with Crippen LogP contribution in [0.25, 0.3) is 44.5 Å². The monoisotopic (exact) mass is 789 g/mol. The second-order valence-corrected chi connectivity index (χ2v) is 15.7. The molecule has 2 fully saturated rings. The van der Waals surface area contributed by atoms with Crippen molar-refractivity contribution in [2.24, 2.45) is 11.8 Å². The van der Waals surface area contributed by atoms with Crippen molar-refractivity contribution in [2.75, 3.05) is 27.3 Å². The zero-order valence-corrected chi connectivity index (χ0v) is 33.7. The third-order valence-electron chi connectivity index (χ3n) is 11.2. The Hall–Kier alpha value is -6.25. The number of ether oxygens (including phenoxy) is 2. The molecule has 0 aliphatic carbocycles. The number of imidazole rings is 2. The van der Waals surface area contributed by atoms with Crippen LogP contribution < -0.4 is 10.6 Å². The van der Waals surface area contributed by atoms with Gasteiger partial charge >= 0.3 is 12.2 Å². The number of hydrogen-bond acceptors (Lipinski definition) is 9. The lowest BCUT2D eigenvalue weighted by atomic mass is 10.0. The summed E-state index contributed by atoms with van der Waals surface area (Å²) in [6.45, 7) is 8.77. The molecule has 2 saturated heterocycles. The van der Waals surface area contributed by atoms with Crippen molar-refractivity contribution in [1.82, 2.24) is 45.4 Å². The Morgan fingerprint density at radius 3 is 1.86 bits per heavy atom. The van der Waals surface area contributed by atoms with Crippen LogP contribution in [0.1, 0.15) is 77.1 Å². The average molecular weight is 790 g/mol. The minimum absolute atomic E-state index is 0.109. The molecule has 0 bridgehead atoms. The number of aromatic nitrogens is 5. The normalized spacial score (nSPS) is 17.8. The van der Waals surface area contributed by atoms with Crippen molar-refractivity contribution in [2.45, 2.75) is 77.5 Å². The van der Waals surface area contributed by atoms with Crippen LogP contribution in [0.4, 0.5) is 9.59 Å². The molecule has 15 heteroatoms. The van der Waals surface area contributed by atoms with Gasteiger partial charge in [-0.25, -0.2) is 19.6 Å². The minimum atomic E-state index is -0.696. The summed E-state index contributed by atoms with van der Waals surface area (Å²) in [5.41, 5.74) is 6.31. The fourth-order valence-electron chi connectivity index (χ4n) is 7.97. The summed E-state index contributed by atoms with van der Waals surface area (Å²) < 4.78 is 9.52. The number of carbonyl (C=O) groups excluding carboxylic acids is 4. The molecule has 2 aliphatic heterocycles. The van der Waals surface area contributed by atoms with E-state index in [4.69, 9.17) is 19.4 Å². The first-order chi connectivity index (χ1) is 27.9. The molecule has 15 nitrogen and oxygen atoms in total. The first-order valence-corrected chi connectivity index (χ1v) is 19.9. The number of hydrogen-bond donors (Lipinski definition) is 4. The molecule has 304 valence electrons. The first-order valence-electron chi connectivity index (χ1n) is 19.9. The molecule has 0 spiro atoms. The van der Waals surface area contributed by atoms with Gasteiger partial charge in [-0.1, -0.05) is 64.1 Å². The summed E-state index contributed by atoms with van der Waals surface area (Å²) in [6, 6.07) is 14.6. The minimum Gasteiger partial charge on any atom is -0.453 e. The molecule has 2 aliphatic rings. The number of amides is 4. The van der Waals surface area contributed by atoms with Gasteiger partial charge in [0.2, 0.25) is 11.8 Å². The fraction of sp³-hybridized carbons (Fsp3) is 0.419. The number of aromatic amines is 2. The largest absolute Gasteiger partial charge is 0.453 e. The fourth-order valence-corrected chi connectivity index (χ4v) is 7.97. The summed E-state index contributed by atoms with van der Waals surface area (Å²) in [5, 5.41) is 6.38. The molecule has 0 radical (unpaired) electrons. The van der Waals surface area contributed by atoms with Gasteiger partial charge in [-0.2, -0.15) is 0 Å². The van der Waals surface area contributed by atoms with Gasteiger partial charge in [0.15, 0.2) is 0 Å². The highest BCUT2D eigenvalue weighted by molar-refractivity contribution is 5.88. The molecular weight excluding hydrogens is 739 g/mol. The van der Waals surface area contributed by atoms with Crippen molar-refractivity contribution in [3.63, 3.8) is 0 Å². The number of likely N-dealkylation sites (tertiary alicyclic amines) is 2. The van der Waals surface area contributed by atoms with Crippen LogP contribution in [-0.2, 0) is 19.1 Å². The van der Waals surface area contributed by atoms with Gasteiger partial charge in [0.25, 0.3) is 0 Å². The maximum Gasteiger partial charge on any atom is 0.407 e. The molecule has 3 aromatic heterocycles. The van der Waals surface area contributed by atoms with Gasteiger partial charge in [-0.15, -0.1) is 0 Å². The number of fused-ring (bicyclic) bond motifs is 1. The molecular formula is C43H51N9O6. The smallest absolute Gasteiger partial charge is 0.407 e. The van der Waals surface area contributed by atoms with E-state index in [0.717, 1.165) is 76.1 Å². The number of pyridine rings is 1. The van der Waals surface area contributed by atoms with E-state index in [0.29, 0.717) is 18.9 Å². The lowest BCUT2D eigenvalue weighted by molar-refractivity contribution is -0.136. The lowest BCUT2D eigenvalue weighted by Crippen LogP contribution is -2.51. The topological polar surface area (TPSA) is 188 Å². The van der Waals surface area contributed by atoms with E-state index in [2.05, 4.69) is 43.8 Å². The summed E-state index contributed by atoms with van der Waals surface area (Å²) in [4.78, 5) is 75.8. The van der Waals surface area contributed by atoms with E-state index in [1.165, 1.54) is 14.2 Å². The summed E-state index contributed by atoms with van der Waals surface area (Å²) in [6.07, 6.45) is 7.50. The maximum absolute atomic E-state index is 13.6. The van der Waals surface area contributed by atoms with Gasteiger partial charge in [-0.05, 0) is 60.8 Å². The Labute approximate surface area is 337 Å². The van der Waals surface area contributed by atoms with Crippen molar-refractivity contribution in [3.8, 4) is 33.6 Å². The molecule has 0 saturated carbocycles. The molecule has 4 N–H and O–H groups in total. The molecule has 4 amide bonds. The second kappa shape index (κ2) is 17.1. The van der Waals surface area contributed by atoms with Crippen molar-refractivity contribution < 1.29 is 28.7 Å². The van der Waals surface area contributed by atoms with Crippen LogP contribution in [-0.4, -0.2) is 98.1 Å². The number of alkyl carbamates (subject to hydrolysis) is 2. The Bertz CT molecular complexity index is 2280. The zero-order chi connectivity index (χ0) is 41.1. The predicted molar refractivity (Wildman–Crippen MR) is 218 cm³/mol. The van der Waals surface area contributed by atoms with Gasteiger partial charge in [0.05, 0.1) is 49.4 Å². The standard InChI is InChI=1S/C43H51N9O6/c1-24(2)36(49-42(55)57-5)40(53)51-17-7-9-34(51)38-45-22-32(47-38)27-13-11-26(12-14-27)30-19-28-15-16-29(20-31(28)44-21-30)33-23-46-39(48-33)35-10-8-18-52(35)41(54)37(25(3)4)50-43(56)58-6/h11-16,19-25,34-37H,7-10,17-18H2,1-6H3,(H,45,47)(H,46,48)(H,49,55)(H,50,56)/t34-,35-,36-,37-/m0/s1. The molecule has 5 heterocycles. The first kappa shape index (κ1) is 40.0. The van der Waals surface area contributed by atoms with Gasteiger partial charge in [-0.3, -0.25) is 14.6 Å². The lowest BCUT2D eigenvalue weighted by Gasteiger charge is -2.30. The number of rotatable bonds is 11. The highest BCUT2D eigenvalue weighted by Gasteiger charge is 2.39. The SMILES string of the molecule is COC(=O)N[C@H](C(=O)N1CCC[C@H]1c1nc(-c2ccc3cc(-c4ccc(-c5cnc([C@@H]6CCCN6C(=O)[C@@H](NC(=O)OC)C(C)C)[nH]5)cc4)cnc3c2)c[nH]1)C(C)C. The van der Waals surface area contributed by atoms with E-state index in [1.54, 1.807) is 16.0 Å². The predicted octanol–water partition coefficient (Wildman–Crippen LogP) is 6.77. The molecule has 58 heavy (non-hydrogen) atoms. The Kier molecular flexibility index (Phi) is 11.8. The van der Waals surface area contributed by atoms with E-state index >= 15 is 0 Å². The molecule has 0 unspecified atom stereocenters. The Morgan fingerprint density at radius 2 is 1.28 bits per heavy atom. The third-order valence-corrected chi connectivity index (χ3v) is 11.2. The van der Waals surface area contributed by atoms with Crippen LogP contribution in [0.5, 0.6) is 0 Å². The van der Waals surface area contributed by atoms with Crippen LogP contribution in [0.3, 0.4) is 0 Å². The molecule has 2 aromatic carbocycles. The number of nitrogens with one attached hydrogen (secondary N) is 4. The number of carbonyl (C=O) groups is 4. The number of methoxy groups -OCH3 is 2. The number of H-pyrrole nitrogens is 2. The Morgan fingerprint density at radius 1 is 0.707 bits per heavy atom. The van der Waals surface area contributed by atoms with Crippen LogP contribution >= 0.6 is 0 Å². The van der Waals surface area contributed by atoms with Crippen LogP contribution in [0.2, 0.25) is 0 Å². The van der Waals surface area contributed by atoms with Crippen LogP contribution in [0, 0.1) is 11.8 Å². The van der Waals surface area contributed by atoms with Crippen LogP contribution in [0.15, 0.2) is 67.1 Å². The number of nitrogens with zero attached hydrogens (tertiary/aromatic N) is 5. The summed E-state index contributed by atoms with van der Waals surface area (Å²) >= 11 is 0.